The van der Waals surface area contributed by atoms with E-state index in [1.807, 2.05) is 7.05 Å². The summed E-state index contributed by atoms with van der Waals surface area (Å²) >= 11 is 0. The summed E-state index contributed by atoms with van der Waals surface area (Å²) in [7, 11) is 4.22. The first kappa shape index (κ1) is 8.97. The number of hydrogen-bond donors (Lipinski definition) is 2. The SMILES string of the molecule is CNCCC1CNCCN1C. The van der Waals surface area contributed by atoms with Crippen molar-refractivity contribution in [3.63, 3.8) is 0 Å². The quantitative estimate of drug-likeness (QED) is 0.578. The van der Waals surface area contributed by atoms with E-state index in [-0.39, 0.29) is 0 Å². The van der Waals surface area contributed by atoms with Gasteiger partial charge >= 0.3 is 0 Å². The van der Waals surface area contributed by atoms with Gasteiger partial charge in [-0.3, -0.25) is 0 Å². The summed E-state index contributed by atoms with van der Waals surface area (Å²) in [5.41, 5.74) is 0. The fourth-order valence-corrected chi connectivity index (χ4v) is 1.50. The Morgan fingerprint density at radius 2 is 2.45 bits per heavy atom. The van der Waals surface area contributed by atoms with E-state index in [0.29, 0.717) is 0 Å². The molecule has 1 fully saturated rings. The summed E-state index contributed by atoms with van der Waals surface area (Å²) < 4.78 is 0. The summed E-state index contributed by atoms with van der Waals surface area (Å²) in [5.74, 6) is 0. The molecule has 1 heterocycles. The van der Waals surface area contributed by atoms with Crippen molar-refractivity contribution in [2.75, 3.05) is 40.3 Å². The van der Waals surface area contributed by atoms with E-state index in [1.54, 1.807) is 0 Å². The van der Waals surface area contributed by atoms with E-state index in [2.05, 4.69) is 22.6 Å². The van der Waals surface area contributed by atoms with Crippen LogP contribution in [-0.4, -0.2) is 51.2 Å². The van der Waals surface area contributed by atoms with Gasteiger partial charge in [-0.05, 0) is 27.1 Å². The molecule has 66 valence electrons. The van der Waals surface area contributed by atoms with E-state index in [1.165, 1.54) is 13.0 Å². The zero-order valence-corrected chi connectivity index (χ0v) is 7.56. The molecule has 0 aromatic heterocycles. The van der Waals surface area contributed by atoms with Gasteiger partial charge in [0.05, 0.1) is 0 Å². The van der Waals surface area contributed by atoms with Gasteiger partial charge in [-0.2, -0.15) is 0 Å². The minimum absolute atomic E-state index is 0.733. The van der Waals surface area contributed by atoms with Crippen molar-refractivity contribution >= 4 is 0 Å². The molecule has 1 aliphatic rings. The van der Waals surface area contributed by atoms with Gasteiger partial charge in [-0.15, -0.1) is 0 Å². The third-order valence-corrected chi connectivity index (χ3v) is 2.37. The van der Waals surface area contributed by atoms with Crippen LogP contribution in [-0.2, 0) is 0 Å². The summed E-state index contributed by atoms with van der Waals surface area (Å²) in [6, 6.07) is 0.733. The Morgan fingerprint density at radius 3 is 3.09 bits per heavy atom. The average Bonchev–Trinajstić information content (AvgIpc) is 2.03. The molecule has 0 aliphatic carbocycles. The molecule has 3 heteroatoms. The lowest BCUT2D eigenvalue weighted by molar-refractivity contribution is 0.190. The first-order valence-electron chi connectivity index (χ1n) is 4.40. The van der Waals surface area contributed by atoms with Crippen LogP contribution in [0.15, 0.2) is 0 Å². The second-order valence-corrected chi connectivity index (χ2v) is 3.23. The van der Waals surface area contributed by atoms with Crippen molar-refractivity contribution in [2.45, 2.75) is 12.5 Å². The third-order valence-electron chi connectivity index (χ3n) is 2.37. The highest BCUT2D eigenvalue weighted by molar-refractivity contribution is 4.77. The molecule has 0 spiro atoms. The largest absolute Gasteiger partial charge is 0.320 e. The fourth-order valence-electron chi connectivity index (χ4n) is 1.50. The van der Waals surface area contributed by atoms with Gasteiger partial charge in [0, 0.05) is 25.7 Å². The minimum Gasteiger partial charge on any atom is -0.320 e. The van der Waals surface area contributed by atoms with Gasteiger partial charge < -0.3 is 15.5 Å². The second kappa shape index (κ2) is 4.70. The lowest BCUT2D eigenvalue weighted by Gasteiger charge is -2.33. The highest BCUT2D eigenvalue weighted by Crippen LogP contribution is 2.02. The first-order chi connectivity index (χ1) is 5.34. The molecule has 0 amide bonds. The first-order valence-corrected chi connectivity index (χ1v) is 4.40. The van der Waals surface area contributed by atoms with Crippen LogP contribution in [0.2, 0.25) is 0 Å². The van der Waals surface area contributed by atoms with Crippen LogP contribution in [0, 0.1) is 0 Å². The predicted octanol–water partition coefficient (Wildman–Crippen LogP) is -0.500. The molecule has 11 heavy (non-hydrogen) atoms. The van der Waals surface area contributed by atoms with Crippen molar-refractivity contribution in [1.29, 1.82) is 0 Å². The maximum atomic E-state index is 3.40. The highest BCUT2D eigenvalue weighted by Gasteiger charge is 2.16. The standard InChI is InChI=1S/C8H19N3/c1-9-4-3-8-7-10-5-6-11(8)2/h8-10H,3-7H2,1-2H3. The normalized spacial score (nSPS) is 27.3. The average molecular weight is 157 g/mol. The summed E-state index contributed by atoms with van der Waals surface area (Å²) in [4.78, 5) is 2.44. The van der Waals surface area contributed by atoms with Crippen LogP contribution >= 0.6 is 0 Å². The van der Waals surface area contributed by atoms with Crippen molar-refractivity contribution < 1.29 is 0 Å². The molecule has 0 bridgehead atoms. The molecule has 1 saturated heterocycles. The zero-order chi connectivity index (χ0) is 8.10. The molecule has 0 aromatic rings. The van der Waals surface area contributed by atoms with E-state index >= 15 is 0 Å². The van der Waals surface area contributed by atoms with Gasteiger partial charge in [-0.1, -0.05) is 0 Å². The Morgan fingerprint density at radius 1 is 1.64 bits per heavy atom. The second-order valence-electron chi connectivity index (χ2n) is 3.23. The molecular formula is C8H19N3. The molecule has 1 atom stereocenters. The predicted molar refractivity (Wildman–Crippen MR) is 47.8 cm³/mol. The van der Waals surface area contributed by atoms with Crippen molar-refractivity contribution in [2.24, 2.45) is 0 Å². The Balaban J connectivity index is 2.18. The molecule has 3 nitrogen and oxygen atoms in total. The smallest absolute Gasteiger partial charge is 0.0230 e. The molecule has 2 N–H and O–H groups in total. The van der Waals surface area contributed by atoms with Gasteiger partial charge in [0.1, 0.15) is 0 Å². The topological polar surface area (TPSA) is 27.3 Å². The third kappa shape index (κ3) is 2.77. The summed E-state index contributed by atoms with van der Waals surface area (Å²) in [6.45, 7) is 4.61. The fraction of sp³-hybridized carbons (Fsp3) is 1.00. The molecule has 1 aliphatic heterocycles. The van der Waals surface area contributed by atoms with Crippen LogP contribution in [0.25, 0.3) is 0 Å². The lowest BCUT2D eigenvalue weighted by atomic mass is 10.1. The Hall–Kier alpha value is -0.120. The van der Waals surface area contributed by atoms with Crippen LogP contribution in [0.1, 0.15) is 6.42 Å². The maximum Gasteiger partial charge on any atom is 0.0230 e. The van der Waals surface area contributed by atoms with Crippen LogP contribution in [0.3, 0.4) is 0 Å². The molecular weight excluding hydrogens is 138 g/mol. The van der Waals surface area contributed by atoms with Crippen molar-refractivity contribution in [3.05, 3.63) is 0 Å². The summed E-state index contributed by atoms with van der Waals surface area (Å²) in [5, 5.41) is 6.59. The molecule has 0 radical (unpaired) electrons. The minimum atomic E-state index is 0.733. The summed E-state index contributed by atoms with van der Waals surface area (Å²) in [6.07, 6.45) is 1.25. The van der Waals surface area contributed by atoms with Gasteiger partial charge in [0.15, 0.2) is 0 Å². The zero-order valence-electron chi connectivity index (χ0n) is 7.56. The Labute approximate surface area is 69.1 Å². The van der Waals surface area contributed by atoms with Crippen LogP contribution < -0.4 is 10.6 Å². The maximum absolute atomic E-state index is 3.40. The lowest BCUT2D eigenvalue weighted by Crippen LogP contribution is -2.49. The Kier molecular flexibility index (Phi) is 3.83. The van der Waals surface area contributed by atoms with Gasteiger partial charge in [-0.25, -0.2) is 0 Å². The molecule has 0 saturated carbocycles. The number of piperazine rings is 1. The Bertz CT molecular complexity index is 106. The van der Waals surface area contributed by atoms with Crippen molar-refractivity contribution in [3.8, 4) is 0 Å². The van der Waals surface area contributed by atoms with Crippen molar-refractivity contribution in [1.82, 2.24) is 15.5 Å². The number of rotatable bonds is 3. The van der Waals surface area contributed by atoms with E-state index in [0.717, 1.165) is 25.7 Å². The van der Waals surface area contributed by atoms with Gasteiger partial charge in [0.25, 0.3) is 0 Å². The van der Waals surface area contributed by atoms with Gasteiger partial charge in [0.2, 0.25) is 0 Å². The molecule has 1 rings (SSSR count). The van der Waals surface area contributed by atoms with Crippen LogP contribution in [0.4, 0.5) is 0 Å². The monoisotopic (exact) mass is 157 g/mol. The number of hydrogen-bond acceptors (Lipinski definition) is 3. The van der Waals surface area contributed by atoms with Crippen LogP contribution in [0.5, 0.6) is 0 Å². The van der Waals surface area contributed by atoms with E-state index in [4.69, 9.17) is 0 Å². The number of likely N-dealkylation sites (N-methyl/N-ethyl adjacent to an activating group) is 1. The molecule has 1 unspecified atom stereocenters. The number of nitrogens with one attached hydrogen (secondary N) is 2. The molecule has 0 aromatic carbocycles. The highest BCUT2D eigenvalue weighted by atomic mass is 15.2. The van der Waals surface area contributed by atoms with E-state index in [9.17, 15) is 0 Å². The number of nitrogens with zero attached hydrogens (tertiary/aromatic N) is 1. The van der Waals surface area contributed by atoms with E-state index < -0.39 is 0 Å².